The van der Waals surface area contributed by atoms with Gasteiger partial charge in [-0.15, -0.1) is 0 Å². The van der Waals surface area contributed by atoms with E-state index in [0.717, 1.165) is 49.0 Å². The zero-order valence-corrected chi connectivity index (χ0v) is 22.6. The second-order valence-electron chi connectivity index (χ2n) is 10.1. The Morgan fingerprint density at radius 3 is 2.13 bits per heavy atom. The molecule has 0 N–H and O–H groups in total. The molecule has 3 aromatic carbocycles. The summed E-state index contributed by atoms with van der Waals surface area (Å²) in [4.78, 5) is 27.4. The predicted molar refractivity (Wildman–Crippen MR) is 132 cm³/mol. The molecule has 3 aromatic rings. The third-order valence-electron chi connectivity index (χ3n) is 7.62. The molecule has 0 aliphatic carbocycles. The van der Waals surface area contributed by atoms with E-state index < -0.39 is 42.0 Å². The first-order valence-corrected chi connectivity index (χ1v) is 12.5. The Morgan fingerprint density at radius 1 is 0.872 bits per heavy atom. The van der Waals surface area contributed by atoms with E-state index in [1.165, 1.54) is 18.2 Å². The number of halogens is 5. The maximum absolute atomic E-state index is 14.7. The summed E-state index contributed by atoms with van der Waals surface area (Å²) in [6, 6.07) is 16.1. The average Bonchev–Trinajstić information content (AvgIpc) is 2.91. The molecule has 5 nitrogen and oxygen atoms in total. The first-order chi connectivity index (χ1) is 18.2. The van der Waals surface area contributed by atoms with Crippen LogP contribution in [-0.2, 0) is 11.3 Å². The summed E-state index contributed by atoms with van der Waals surface area (Å²) in [6.07, 6.45) is 0.151. The fourth-order valence-corrected chi connectivity index (χ4v) is 5.59. The van der Waals surface area contributed by atoms with E-state index >= 15 is 0 Å². The minimum Gasteiger partial charge on any atom is -1.00 e. The van der Waals surface area contributed by atoms with Gasteiger partial charge in [0.1, 0.15) is 18.9 Å². The smallest absolute Gasteiger partial charge is 0.415 e. The summed E-state index contributed by atoms with van der Waals surface area (Å²) in [6.45, 7) is 1.89. The average molecular weight is 607 g/mol. The first kappa shape index (κ1) is 28.8. The highest BCUT2D eigenvalue weighted by molar-refractivity contribution is 5.97. The van der Waals surface area contributed by atoms with E-state index in [0.29, 0.717) is 16.6 Å². The quantitative estimate of drug-likeness (QED) is 0.180. The van der Waals surface area contributed by atoms with E-state index in [-0.39, 0.29) is 46.5 Å². The van der Waals surface area contributed by atoms with Gasteiger partial charge in [0.05, 0.1) is 25.3 Å². The van der Waals surface area contributed by atoms with Crippen LogP contribution in [0.15, 0.2) is 66.7 Å². The van der Waals surface area contributed by atoms with Crippen LogP contribution in [0, 0.1) is 29.2 Å². The van der Waals surface area contributed by atoms with Crippen molar-refractivity contribution in [2.45, 2.75) is 25.5 Å². The third kappa shape index (κ3) is 6.17. The highest BCUT2D eigenvalue weighted by Gasteiger charge is 2.49. The number of para-hydroxylation sites is 1. The third-order valence-corrected chi connectivity index (χ3v) is 7.62. The highest BCUT2D eigenvalue weighted by atomic mass is 79.9. The Bertz CT molecular complexity index is 1330. The van der Waals surface area contributed by atoms with Crippen molar-refractivity contribution >= 4 is 17.6 Å². The molecule has 0 radical (unpaired) electrons. The lowest BCUT2D eigenvalue weighted by Gasteiger charge is -2.51. The summed E-state index contributed by atoms with van der Waals surface area (Å²) < 4.78 is 62.3. The van der Waals surface area contributed by atoms with Crippen molar-refractivity contribution in [1.82, 2.24) is 0 Å². The maximum atomic E-state index is 14.7. The Kier molecular flexibility index (Phi) is 8.76. The lowest BCUT2D eigenvalue weighted by atomic mass is 9.83. The summed E-state index contributed by atoms with van der Waals surface area (Å²) >= 11 is 0. The van der Waals surface area contributed by atoms with Gasteiger partial charge in [-0.05, 0) is 29.8 Å². The number of Topliss-reactive ketones (excluding diaryl/α,β-unsaturated/α-hetero) is 1. The number of ether oxygens (including phenoxy) is 1. The topological polar surface area (TPSA) is 46.6 Å². The van der Waals surface area contributed by atoms with Gasteiger partial charge in [0.2, 0.25) is 5.78 Å². The van der Waals surface area contributed by atoms with Gasteiger partial charge in [0, 0.05) is 24.3 Å². The summed E-state index contributed by atoms with van der Waals surface area (Å²) in [5.74, 6) is -5.06. The fourth-order valence-electron chi connectivity index (χ4n) is 5.59. The molecule has 0 aromatic heterocycles. The van der Waals surface area contributed by atoms with Gasteiger partial charge >= 0.3 is 6.09 Å². The Balaban J connectivity index is 0.00000353. The number of amides is 1. The number of anilines is 1. The van der Waals surface area contributed by atoms with E-state index in [1.807, 2.05) is 18.2 Å². The number of carbonyl (C=O) groups is 2. The lowest BCUT2D eigenvalue weighted by molar-refractivity contribution is -0.938. The number of carbonyl (C=O) groups excluding carboxylic acids is 2. The molecule has 10 heteroatoms. The van der Waals surface area contributed by atoms with Crippen molar-refractivity contribution in [3.63, 3.8) is 0 Å². The molecule has 3 heterocycles. The second-order valence-corrected chi connectivity index (χ2v) is 10.1. The molecule has 3 aliphatic rings. The van der Waals surface area contributed by atoms with Crippen molar-refractivity contribution in [3.05, 3.63) is 101 Å². The first-order valence-electron chi connectivity index (χ1n) is 12.5. The van der Waals surface area contributed by atoms with Crippen LogP contribution in [0.2, 0.25) is 0 Å². The zero-order valence-electron chi connectivity index (χ0n) is 21.0. The van der Waals surface area contributed by atoms with E-state index in [4.69, 9.17) is 4.74 Å². The molecule has 3 aliphatic heterocycles. The van der Waals surface area contributed by atoms with Crippen LogP contribution in [0.1, 0.15) is 28.8 Å². The standard InChI is InChI=1S/C29H27F4N2O3.BrH/c30-22-8-4-5-9-25(22)34(16-19-14-23(31)28(33)24(32)15-19)29(37)38-27-18-35(12-10-21(27)11-13-35)17-26(36)20-6-2-1-3-7-20;/h1-9,14-15,21,27H,10-13,16-18H2;1H/q+1;/p-1/t21?,27-,35?;/m0./s1. The van der Waals surface area contributed by atoms with E-state index in [1.54, 1.807) is 12.1 Å². The number of hydrogen-bond acceptors (Lipinski definition) is 3. The number of piperidine rings is 3. The van der Waals surface area contributed by atoms with Crippen LogP contribution >= 0.6 is 0 Å². The minimum atomic E-state index is -1.62. The molecule has 3 saturated heterocycles. The molecule has 2 bridgehead atoms. The molecule has 1 amide bonds. The molecular formula is C29H27BrF4N2O3. The normalized spacial score (nSPS) is 21.6. The number of ketones is 1. The molecule has 206 valence electrons. The summed E-state index contributed by atoms with van der Waals surface area (Å²) in [5, 5.41) is 0. The molecule has 0 spiro atoms. The monoisotopic (exact) mass is 606 g/mol. The van der Waals surface area contributed by atoms with Crippen LogP contribution in [0.4, 0.5) is 28.0 Å². The number of nitrogens with zero attached hydrogens (tertiary/aromatic N) is 2. The van der Waals surface area contributed by atoms with Gasteiger partial charge in [-0.1, -0.05) is 42.5 Å². The predicted octanol–water partition coefficient (Wildman–Crippen LogP) is 2.88. The van der Waals surface area contributed by atoms with Crippen LogP contribution in [-0.4, -0.2) is 48.6 Å². The highest BCUT2D eigenvalue weighted by Crippen LogP contribution is 2.36. The fraction of sp³-hybridized carbons (Fsp3) is 0.310. The van der Waals surface area contributed by atoms with Gasteiger partial charge in [0.15, 0.2) is 23.6 Å². The number of quaternary nitrogens is 1. The maximum Gasteiger partial charge on any atom is 0.415 e. The molecule has 0 saturated carbocycles. The Morgan fingerprint density at radius 2 is 1.49 bits per heavy atom. The van der Waals surface area contributed by atoms with Crippen LogP contribution < -0.4 is 21.9 Å². The van der Waals surface area contributed by atoms with E-state index in [9.17, 15) is 27.2 Å². The van der Waals surface area contributed by atoms with Crippen molar-refractivity contribution < 1.29 is 53.4 Å². The Labute approximate surface area is 234 Å². The van der Waals surface area contributed by atoms with Crippen LogP contribution in [0.25, 0.3) is 0 Å². The largest absolute Gasteiger partial charge is 1.00 e. The number of fused-ring (bicyclic) bond motifs is 3. The number of rotatable bonds is 7. The lowest BCUT2D eigenvalue weighted by Crippen LogP contribution is -3.00. The van der Waals surface area contributed by atoms with Gasteiger partial charge in [0.25, 0.3) is 0 Å². The molecular weight excluding hydrogens is 580 g/mol. The van der Waals surface area contributed by atoms with Crippen LogP contribution in [0.5, 0.6) is 0 Å². The SMILES string of the molecule is O=C(C[N+]12CCC(CC1)[C@@H](OC(=O)N(Cc1cc(F)c(F)c(F)c1)c1ccccc1F)C2)c1ccccc1.[Br-]. The molecule has 6 rings (SSSR count). The van der Waals surface area contributed by atoms with Crippen molar-refractivity contribution in [3.8, 4) is 0 Å². The van der Waals surface area contributed by atoms with Crippen molar-refractivity contribution in [1.29, 1.82) is 0 Å². The second kappa shape index (κ2) is 11.9. The Hall–Kier alpha value is -3.24. The minimum absolute atomic E-state index is 0. The number of hydrogen-bond donors (Lipinski definition) is 0. The molecule has 3 fully saturated rings. The van der Waals surface area contributed by atoms with Crippen molar-refractivity contribution in [2.24, 2.45) is 5.92 Å². The molecule has 1 atom stereocenters. The van der Waals surface area contributed by atoms with Crippen molar-refractivity contribution in [2.75, 3.05) is 31.1 Å². The van der Waals surface area contributed by atoms with E-state index in [2.05, 4.69) is 0 Å². The summed E-state index contributed by atoms with van der Waals surface area (Å²) in [7, 11) is 0. The zero-order chi connectivity index (χ0) is 26.9. The van der Waals surface area contributed by atoms with Crippen LogP contribution in [0.3, 0.4) is 0 Å². The number of benzene rings is 3. The molecule has 39 heavy (non-hydrogen) atoms. The van der Waals surface area contributed by atoms with Gasteiger partial charge in [-0.25, -0.2) is 22.4 Å². The van der Waals surface area contributed by atoms with Gasteiger partial charge in [-0.3, -0.25) is 9.69 Å². The van der Waals surface area contributed by atoms with Gasteiger partial charge < -0.3 is 26.2 Å². The summed E-state index contributed by atoms with van der Waals surface area (Å²) in [5.41, 5.74) is 0.435. The molecule has 0 unspecified atom stereocenters. The van der Waals surface area contributed by atoms with Gasteiger partial charge in [-0.2, -0.15) is 0 Å².